The molecule has 0 spiro atoms. The minimum atomic E-state index is -1.67. The Balaban J connectivity index is 1.27. The van der Waals surface area contributed by atoms with Crippen LogP contribution in [0.1, 0.15) is 55.0 Å². The van der Waals surface area contributed by atoms with Crippen LogP contribution in [0.3, 0.4) is 0 Å². The Morgan fingerprint density at radius 1 is 0.919 bits per heavy atom. The summed E-state index contributed by atoms with van der Waals surface area (Å²) in [7, 11) is 1.26. The van der Waals surface area contributed by atoms with Gasteiger partial charge in [0.25, 0.3) is 41.3 Å². The number of nitro groups is 4. The predicted molar refractivity (Wildman–Crippen MR) is 212 cm³/mol. The molecule has 0 saturated carbocycles. The average molecular weight is 848 g/mol. The van der Waals surface area contributed by atoms with Crippen molar-refractivity contribution in [3.05, 3.63) is 133 Å². The largest absolute Gasteiger partial charge is 0.535 e. The summed E-state index contributed by atoms with van der Waals surface area (Å²) in [4.78, 5) is 104. The first-order valence-corrected chi connectivity index (χ1v) is 18.1. The Hall–Kier alpha value is -8.44. The summed E-state index contributed by atoms with van der Waals surface area (Å²) in [6.45, 7) is 4.30. The van der Waals surface area contributed by atoms with Crippen LogP contribution >= 0.6 is 0 Å². The number of aromatic nitrogens is 2. The molecule has 24 heteroatoms. The third-order valence-electron chi connectivity index (χ3n) is 10.4. The zero-order valence-corrected chi connectivity index (χ0v) is 32.3. The number of non-ortho nitro benzene ring substituents is 2. The molecule has 7 rings (SSSR count). The van der Waals surface area contributed by atoms with Crippen molar-refractivity contribution < 1.29 is 53.0 Å². The molecule has 0 N–H and O–H groups in total. The second-order valence-electron chi connectivity index (χ2n) is 14.0. The van der Waals surface area contributed by atoms with Crippen LogP contribution in [0.25, 0.3) is 33.4 Å². The number of hydrogen-bond donors (Lipinski definition) is 0. The van der Waals surface area contributed by atoms with E-state index in [1.807, 2.05) is 6.07 Å². The molecule has 2 aliphatic rings. The van der Waals surface area contributed by atoms with Gasteiger partial charge in [0.15, 0.2) is 0 Å². The second-order valence-corrected chi connectivity index (χ2v) is 14.0. The molecule has 313 valence electrons. The van der Waals surface area contributed by atoms with E-state index in [1.54, 1.807) is 31.2 Å². The highest BCUT2D eigenvalue weighted by atomic mass is 16.7. The molecule has 3 aromatic carbocycles. The quantitative estimate of drug-likeness (QED) is 0.0433. The molecule has 1 radical (unpaired) electrons. The fourth-order valence-corrected chi connectivity index (χ4v) is 7.36. The molecule has 62 heavy (non-hydrogen) atoms. The molecular weight excluding hydrogens is 821 g/mol. The van der Waals surface area contributed by atoms with Crippen molar-refractivity contribution in [2.45, 2.75) is 52.0 Å². The van der Waals surface area contributed by atoms with E-state index in [0.717, 1.165) is 12.1 Å². The Bertz CT molecular complexity index is 2850. The van der Waals surface area contributed by atoms with E-state index in [4.69, 9.17) is 23.9 Å². The van der Waals surface area contributed by atoms with Crippen molar-refractivity contribution in [1.29, 1.82) is 0 Å². The summed E-state index contributed by atoms with van der Waals surface area (Å²) in [5.41, 5.74) is -5.44. The minimum absolute atomic E-state index is 0.0263. The summed E-state index contributed by atoms with van der Waals surface area (Å²) in [6, 6.07) is 11.3. The number of carbonyl (C=O) groups excluding carboxylic acids is 3. The summed E-state index contributed by atoms with van der Waals surface area (Å²) in [6.07, 6.45) is -1.64. The van der Waals surface area contributed by atoms with Crippen LogP contribution < -0.4 is 11.0 Å². The normalized spacial score (nSPS) is 13.3. The van der Waals surface area contributed by atoms with Gasteiger partial charge in [-0.1, -0.05) is 24.2 Å². The first-order chi connectivity index (χ1) is 29.5. The Labute approximate surface area is 346 Å². The molecule has 0 amide bonds. The first-order valence-electron chi connectivity index (χ1n) is 18.1. The van der Waals surface area contributed by atoms with E-state index < -0.39 is 100 Å². The van der Waals surface area contributed by atoms with Gasteiger partial charge in [-0.15, -0.1) is 0 Å². The smallest absolute Gasteiger partial charge is 0.412 e. The van der Waals surface area contributed by atoms with Gasteiger partial charge in [0, 0.05) is 39.8 Å². The van der Waals surface area contributed by atoms with Gasteiger partial charge in [0.1, 0.15) is 17.9 Å². The van der Waals surface area contributed by atoms with Crippen molar-refractivity contribution in [3.8, 4) is 22.5 Å². The average Bonchev–Trinajstić information content (AvgIpc) is 3.77. The maximum absolute atomic E-state index is 14.2. The summed E-state index contributed by atoms with van der Waals surface area (Å²) >= 11 is 0. The lowest BCUT2D eigenvalue weighted by atomic mass is 9.87. The summed E-state index contributed by atoms with van der Waals surface area (Å²) in [5.74, 6) is -1.11. The lowest BCUT2D eigenvalue weighted by Gasteiger charge is -2.32. The van der Waals surface area contributed by atoms with Crippen LogP contribution in [0.15, 0.2) is 64.5 Å². The molecular formula is C38H27BN7O16. The highest BCUT2D eigenvalue weighted by Crippen LogP contribution is 2.50. The van der Waals surface area contributed by atoms with Gasteiger partial charge in [-0.2, -0.15) is 0 Å². The Kier molecular flexibility index (Phi) is 10.7. The van der Waals surface area contributed by atoms with Crippen molar-refractivity contribution in [2.24, 2.45) is 5.16 Å². The number of fused-ring (bicyclic) bond motifs is 7. The van der Waals surface area contributed by atoms with Gasteiger partial charge in [-0.3, -0.25) is 54.8 Å². The zero-order chi connectivity index (χ0) is 44.8. The van der Waals surface area contributed by atoms with Crippen molar-refractivity contribution in [2.75, 3.05) is 0 Å². The molecule has 5 aromatic rings. The predicted octanol–water partition coefficient (Wildman–Crippen LogP) is 4.16. The number of nitro benzene ring substituents is 4. The van der Waals surface area contributed by atoms with E-state index >= 15 is 0 Å². The molecule has 3 heterocycles. The minimum Gasteiger partial charge on any atom is -0.535 e. The molecule has 23 nitrogen and oxygen atoms in total. The highest BCUT2D eigenvalue weighted by Gasteiger charge is 2.43. The van der Waals surface area contributed by atoms with E-state index in [0.29, 0.717) is 45.4 Å². The molecule has 0 unspecified atom stereocenters. The van der Waals surface area contributed by atoms with Gasteiger partial charge in [-0.05, 0) is 43.9 Å². The highest BCUT2D eigenvalue weighted by molar-refractivity contribution is 6.48. The van der Waals surface area contributed by atoms with E-state index in [1.165, 1.54) is 25.9 Å². The van der Waals surface area contributed by atoms with Gasteiger partial charge >= 0.3 is 13.5 Å². The molecule has 2 aromatic heterocycles. The molecule has 0 fully saturated rings. The van der Waals surface area contributed by atoms with Crippen LogP contribution in [-0.4, -0.2) is 67.5 Å². The lowest BCUT2D eigenvalue weighted by Crippen LogP contribution is -2.37. The van der Waals surface area contributed by atoms with Crippen LogP contribution in [0.2, 0.25) is 0 Å². The zero-order valence-electron chi connectivity index (χ0n) is 32.3. The number of ether oxygens (including phenoxy) is 2. The first kappa shape index (κ1) is 41.7. The number of rotatable bonds is 16. The number of nitrogens with zero attached hydrogens (tertiary/aromatic N) is 7. The maximum Gasteiger partial charge on any atom is 0.412 e. The van der Waals surface area contributed by atoms with E-state index in [9.17, 15) is 59.6 Å². The maximum atomic E-state index is 14.2. The van der Waals surface area contributed by atoms with Crippen molar-refractivity contribution in [3.63, 3.8) is 0 Å². The fraction of sp³-hybridized carbons (Fsp3) is 0.211. The van der Waals surface area contributed by atoms with Crippen LogP contribution in [0, 0.1) is 40.5 Å². The van der Waals surface area contributed by atoms with Gasteiger partial charge in [0.2, 0.25) is 6.10 Å². The Morgan fingerprint density at radius 2 is 1.55 bits per heavy atom. The molecule has 0 saturated heterocycles. The van der Waals surface area contributed by atoms with Gasteiger partial charge < -0.3 is 23.5 Å². The van der Waals surface area contributed by atoms with Crippen LogP contribution in [-0.2, 0) is 52.1 Å². The number of benzene rings is 3. The molecule has 1 aliphatic carbocycles. The van der Waals surface area contributed by atoms with Gasteiger partial charge in [-0.25, -0.2) is 9.78 Å². The molecule has 2 atom stereocenters. The molecule has 1 aliphatic heterocycles. The summed E-state index contributed by atoms with van der Waals surface area (Å²) in [5, 5.41) is 52.6. The fourth-order valence-electron chi connectivity index (χ4n) is 7.36. The number of pyridine rings is 2. The molecule has 0 bridgehead atoms. The standard InChI is InChI=1S/C38H27BN7O16/c1-4-38(3,27-13-31-34-20(14-42(31)36(49)26(27)15-59-16-47)7-19-8-21(39-60-17-48)5-6-28(19)40-34)61-37(50)18(2)62-41-35-24-9-22(43(51)52)11-29(45(55)56)32(24)33-25(35)10-23(44(53)54)12-30(33)46(57)58/h5-13,16-18H,4,14-15H2,1-3H3/t18-,38-/m0/s1. The van der Waals surface area contributed by atoms with Crippen molar-refractivity contribution in [1.82, 2.24) is 9.55 Å². The van der Waals surface area contributed by atoms with Crippen LogP contribution in [0.4, 0.5) is 22.7 Å². The monoisotopic (exact) mass is 848 g/mol. The third-order valence-corrected chi connectivity index (χ3v) is 10.4. The number of hydrogen-bond acceptors (Lipinski definition) is 18. The second kappa shape index (κ2) is 16.0. The Morgan fingerprint density at radius 3 is 2.10 bits per heavy atom. The summed E-state index contributed by atoms with van der Waals surface area (Å²) < 4.78 is 17.2. The number of carbonyl (C=O) groups is 3. The van der Waals surface area contributed by atoms with Crippen molar-refractivity contribution >= 4 is 71.2 Å². The van der Waals surface area contributed by atoms with Crippen LogP contribution in [0.5, 0.6) is 0 Å². The number of esters is 1. The van der Waals surface area contributed by atoms with Gasteiger partial charge in [0.05, 0.1) is 72.0 Å². The SMILES string of the molecule is CC[C@](C)(OC(=O)[C@H](C)ON=C1c2cc([N+](=O)[O-])cc([N+](=O)[O-])c2-c2c1cc([N+](=O)[O-])cc2[N+](=O)[O-])c1cc2n(c(=O)c1COC=O)Cc1cc3cc([B]OC=O)ccc3nc1-2. The van der Waals surface area contributed by atoms with E-state index in [2.05, 4.69) is 5.16 Å². The topological polar surface area (TPSA) is 308 Å². The third kappa shape index (κ3) is 7.17. The number of oxime groups is 1. The van der Waals surface area contributed by atoms with E-state index in [-0.39, 0.29) is 37.0 Å². The lowest BCUT2D eigenvalue weighted by molar-refractivity contribution is -0.395.